The first kappa shape index (κ1) is 14.3. The maximum absolute atomic E-state index is 11.9. The second-order valence-corrected chi connectivity index (χ2v) is 4.58. The standard InChI is InChI=1S/C14H18N2O4/c1-2-5-15-13(18)7-16-11-6-10(8-17)3-4-12(11)20-9-14(16)19/h3-4,6,17H,2,5,7-9H2,1H3,(H,15,18). The summed E-state index contributed by atoms with van der Waals surface area (Å²) in [5.41, 5.74) is 1.19. The van der Waals surface area contributed by atoms with E-state index < -0.39 is 0 Å². The van der Waals surface area contributed by atoms with Gasteiger partial charge in [0.2, 0.25) is 5.91 Å². The second kappa shape index (κ2) is 6.38. The van der Waals surface area contributed by atoms with E-state index in [9.17, 15) is 9.59 Å². The predicted molar refractivity (Wildman–Crippen MR) is 73.5 cm³/mol. The number of benzene rings is 1. The number of carbonyl (C=O) groups is 2. The summed E-state index contributed by atoms with van der Waals surface area (Å²) in [6.45, 7) is 2.30. The maximum Gasteiger partial charge on any atom is 0.265 e. The van der Waals surface area contributed by atoms with Gasteiger partial charge >= 0.3 is 0 Å². The van der Waals surface area contributed by atoms with Gasteiger partial charge in [0, 0.05) is 6.54 Å². The molecule has 1 heterocycles. The molecule has 0 aliphatic carbocycles. The number of hydrogen-bond acceptors (Lipinski definition) is 4. The summed E-state index contributed by atoms with van der Waals surface area (Å²) in [5.74, 6) is 0.0757. The topological polar surface area (TPSA) is 78.9 Å². The van der Waals surface area contributed by atoms with Gasteiger partial charge in [0.15, 0.2) is 6.61 Å². The van der Waals surface area contributed by atoms with Crippen molar-refractivity contribution in [1.29, 1.82) is 0 Å². The Labute approximate surface area is 117 Å². The number of nitrogens with one attached hydrogen (secondary N) is 1. The van der Waals surface area contributed by atoms with Gasteiger partial charge < -0.3 is 15.2 Å². The molecule has 1 aliphatic heterocycles. The number of fused-ring (bicyclic) bond motifs is 1. The second-order valence-electron chi connectivity index (χ2n) is 4.58. The lowest BCUT2D eigenvalue weighted by molar-refractivity contribution is -0.125. The van der Waals surface area contributed by atoms with Crippen molar-refractivity contribution in [2.24, 2.45) is 0 Å². The maximum atomic E-state index is 11.9. The first-order valence-electron chi connectivity index (χ1n) is 6.59. The highest BCUT2D eigenvalue weighted by Gasteiger charge is 2.27. The van der Waals surface area contributed by atoms with Gasteiger partial charge in [-0.25, -0.2) is 0 Å². The zero-order valence-electron chi connectivity index (χ0n) is 11.4. The van der Waals surface area contributed by atoms with E-state index in [1.165, 1.54) is 4.90 Å². The molecule has 108 valence electrons. The Bertz CT molecular complexity index is 516. The molecule has 2 N–H and O–H groups in total. The summed E-state index contributed by atoms with van der Waals surface area (Å²) in [4.78, 5) is 25.1. The van der Waals surface area contributed by atoms with Gasteiger partial charge in [0.25, 0.3) is 5.91 Å². The lowest BCUT2D eigenvalue weighted by Crippen LogP contribution is -2.45. The Morgan fingerprint density at radius 1 is 1.50 bits per heavy atom. The molecule has 0 fully saturated rings. The zero-order chi connectivity index (χ0) is 14.5. The van der Waals surface area contributed by atoms with Crippen molar-refractivity contribution in [1.82, 2.24) is 5.32 Å². The number of aliphatic hydroxyl groups excluding tert-OH is 1. The number of hydrogen-bond donors (Lipinski definition) is 2. The summed E-state index contributed by atoms with van der Waals surface area (Å²) < 4.78 is 5.32. The van der Waals surface area contributed by atoms with E-state index >= 15 is 0 Å². The van der Waals surface area contributed by atoms with Crippen LogP contribution in [0.3, 0.4) is 0 Å². The molecule has 20 heavy (non-hydrogen) atoms. The molecule has 0 atom stereocenters. The first-order valence-corrected chi connectivity index (χ1v) is 6.59. The molecule has 1 aromatic carbocycles. The molecule has 0 radical (unpaired) electrons. The van der Waals surface area contributed by atoms with E-state index in [2.05, 4.69) is 5.32 Å². The van der Waals surface area contributed by atoms with E-state index in [0.717, 1.165) is 6.42 Å². The van der Waals surface area contributed by atoms with Crippen molar-refractivity contribution in [2.45, 2.75) is 20.0 Å². The Morgan fingerprint density at radius 3 is 3.00 bits per heavy atom. The summed E-state index contributed by atoms with van der Waals surface area (Å²) in [7, 11) is 0. The van der Waals surface area contributed by atoms with Gasteiger partial charge in [0.05, 0.1) is 12.3 Å². The minimum atomic E-state index is -0.265. The van der Waals surface area contributed by atoms with Crippen molar-refractivity contribution < 1.29 is 19.4 Å². The molecule has 0 saturated carbocycles. The van der Waals surface area contributed by atoms with Gasteiger partial charge in [-0.3, -0.25) is 14.5 Å². The highest BCUT2D eigenvalue weighted by Crippen LogP contribution is 2.32. The minimum absolute atomic E-state index is 0.0376. The zero-order valence-corrected chi connectivity index (χ0v) is 11.4. The van der Waals surface area contributed by atoms with Crippen molar-refractivity contribution >= 4 is 17.5 Å². The van der Waals surface area contributed by atoms with Crippen LogP contribution in [0.1, 0.15) is 18.9 Å². The number of amides is 2. The van der Waals surface area contributed by atoms with Crippen molar-refractivity contribution in [3.05, 3.63) is 23.8 Å². The van der Waals surface area contributed by atoms with Crippen LogP contribution in [0.25, 0.3) is 0 Å². The monoisotopic (exact) mass is 278 g/mol. The number of rotatable bonds is 5. The molecule has 2 rings (SSSR count). The fraction of sp³-hybridized carbons (Fsp3) is 0.429. The van der Waals surface area contributed by atoms with E-state index in [-0.39, 0.29) is 31.6 Å². The van der Waals surface area contributed by atoms with E-state index in [1.54, 1.807) is 18.2 Å². The molecule has 0 unspecified atom stereocenters. The van der Waals surface area contributed by atoms with Crippen LogP contribution in [0.2, 0.25) is 0 Å². The van der Waals surface area contributed by atoms with Gasteiger partial charge in [-0.1, -0.05) is 13.0 Å². The molecular weight excluding hydrogens is 260 g/mol. The summed E-state index contributed by atoms with van der Waals surface area (Å²) in [6, 6.07) is 5.09. The predicted octanol–water partition coefficient (Wildman–Crippen LogP) is 0.430. The molecule has 0 saturated heterocycles. The summed E-state index contributed by atoms with van der Waals surface area (Å²) in [5, 5.41) is 11.9. The van der Waals surface area contributed by atoms with Crippen LogP contribution >= 0.6 is 0 Å². The molecule has 6 heteroatoms. The van der Waals surface area contributed by atoms with E-state index in [0.29, 0.717) is 23.5 Å². The minimum Gasteiger partial charge on any atom is -0.482 e. The van der Waals surface area contributed by atoms with E-state index in [1.807, 2.05) is 6.92 Å². The van der Waals surface area contributed by atoms with Crippen molar-refractivity contribution in [3.8, 4) is 5.75 Å². The average molecular weight is 278 g/mol. The summed E-state index contributed by atoms with van der Waals surface area (Å²) in [6.07, 6.45) is 0.841. The van der Waals surface area contributed by atoms with Gasteiger partial charge in [-0.2, -0.15) is 0 Å². The Morgan fingerprint density at radius 2 is 2.30 bits per heavy atom. The number of aliphatic hydroxyl groups is 1. The molecule has 0 aromatic heterocycles. The van der Waals surface area contributed by atoms with Crippen LogP contribution in [-0.2, 0) is 16.2 Å². The van der Waals surface area contributed by atoms with E-state index in [4.69, 9.17) is 9.84 Å². The lowest BCUT2D eigenvalue weighted by Gasteiger charge is -2.29. The third-order valence-corrected chi connectivity index (χ3v) is 3.02. The average Bonchev–Trinajstić information content (AvgIpc) is 2.47. The van der Waals surface area contributed by atoms with Crippen LogP contribution in [-0.4, -0.2) is 36.6 Å². The molecular formula is C14H18N2O4. The fourth-order valence-electron chi connectivity index (χ4n) is 1.98. The lowest BCUT2D eigenvalue weighted by atomic mass is 10.1. The van der Waals surface area contributed by atoms with Gasteiger partial charge in [-0.05, 0) is 24.1 Å². The number of ether oxygens (including phenoxy) is 1. The number of nitrogens with zero attached hydrogens (tertiary/aromatic N) is 1. The fourth-order valence-corrected chi connectivity index (χ4v) is 1.98. The van der Waals surface area contributed by atoms with Crippen molar-refractivity contribution in [2.75, 3.05) is 24.6 Å². The number of carbonyl (C=O) groups excluding carboxylic acids is 2. The molecule has 0 bridgehead atoms. The van der Waals surface area contributed by atoms with Crippen LogP contribution in [0.15, 0.2) is 18.2 Å². The van der Waals surface area contributed by atoms with Crippen LogP contribution in [0.4, 0.5) is 5.69 Å². The van der Waals surface area contributed by atoms with Crippen molar-refractivity contribution in [3.63, 3.8) is 0 Å². The molecule has 2 amide bonds. The molecule has 6 nitrogen and oxygen atoms in total. The summed E-state index contributed by atoms with van der Waals surface area (Å²) >= 11 is 0. The normalized spacial score (nSPS) is 13.7. The van der Waals surface area contributed by atoms with Crippen LogP contribution in [0.5, 0.6) is 5.75 Å². The third-order valence-electron chi connectivity index (χ3n) is 3.02. The van der Waals surface area contributed by atoms with Gasteiger partial charge in [0.1, 0.15) is 12.3 Å². The van der Waals surface area contributed by atoms with Gasteiger partial charge in [-0.15, -0.1) is 0 Å². The highest BCUT2D eigenvalue weighted by atomic mass is 16.5. The largest absolute Gasteiger partial charge is 0.482 e. The third kappa shape index (κ3) is 3.08. The molecule has 1 aromatic rings. The smallest absolute Gasteiger partial charge is 0.265 e. The Balaban J connectivity index is 2.20. The Kier molecular flexibility index (Phi) is 4.57. The quantitative estimate of drug-likeness (QED) is 0.818. The SMILES string of the molecule is CCCNC(=O)CN1C(=O)COc2ccc(CO)cc21. The molecule has 1 aliphatic rings. The number of anilines is 1. The highest BCUT2D eigenvalue weighted by molar-refractivity contribution is 6.02. The molecule has 0 spiro atoms. The van der Waals surface area contributed by atoms with Crippen LogP contribution in [0, 0.1) is 0 Å². The van der Waals surface area contributed by atoms with Crippen LogP contribution < -0.4 is 15.0 Å². The first-order chi connectivity index (χ1) is 9.65. The Hall–Kier alpha value is -2.08.